The molecule has 2 fully saturated rings. The van der Waals surface area contributed by atoms with Crippen LogP contribution in [0.1, 0.15) is 62.5 Å². The van der Waals surface area contributed by atoms with Gasteiger partial charge in [0, 0.05) is 50.3 Å². The lowest BCUT2D eigenvalue weighted by Gasteiger charge is -2.31. The molecule has 11 amide bonds. The molecular weight excluding hydrogens is 1120 g/mol. The van der Waals surface area contributed by atoms with Crippen molar-refractivity contribution in [1.82, 2.24) is 42.1 Å². The number of amides is 11. The third kappa shape index (κ3) is 24.7. The number of aliphatic imine (C=N–C) groups is 1. The number of nitrogens with one attached hydrogen (secondary N) is 7. The Morgan fingerprint density at radius 3 is 1.89 bits per heavy atom. The Balaban J connectivity index is 0.00000230. The van der Waals surface area contributed by atoms with Gasteiger partial charge in [0.2, 0.25) is 65.0 Å². The standard InChI is InChI=1S/C46H64N14O12S2.C2HF3O2/c47-35(62)15-14-29-40(67)58-32(22-36(48)63)43(70)59-33(45(72)60-18-5-9-34(60)44(71)56-28(8-4-17-52-46(50)51)39(66)53-23-37(49)64)24-74-73-19-16-38(65)54-30(21-26-10-12-27(61)13-11-26)41(68)57-31(42(69)55-29)20-25-6-2-1-3-7-25;3-2(4,5)1(6)7/h1-3,6-7,10-13,28-34,61H,4-5,8-9,14-24H2,(H2,47,62)(H2,48,63)(H2,49,64)(H,53,66)(H,54,65)(H,55,69)(H,56,71)(H,57,68)(H,58,67)(H,59,70)(H4,50,51,52);(H,6,7)/t28-,29+,30?,31+,32?,33?,34+;/m1./s1. The summed E-state index contributed by atoms with van der Waals surface area (Å²) in [6.45, 7) is -0.402. The zero-order chi connectivity index (χ0) is 60.4. The average Bonchev–Trinajstić information content (AvgIpc) is 3.89. The minimum atomic E-state index is -5.08. The first-order valence-electron chi connectivity index (χ1n) is 24.8. The number of carboxylic acid groups (broad SMARTS) is 1. The summed E-state index contributed by atoms with van der Waals surface area (Å²) in [6.07, 6.45) is -6.42. The summed E-state index contributed by atoms with van der Waals surface area (Å²) in [4.78, 5) is 162. The van der Waals surface area contributed by atoms with Gasteiger partial charge in [0.1, 0.15) is 48.0 Å². The summed E-state index contributed by atoms with van der Waals surface area (Å²) < 4.78 is 31.7. The lowest BCUT2D eigenvalue weighted by atomic mass is 10.0. The van der Waals surface area contributed by atoms with Crippen LogP contribution in [-0.2, 0) is 70.4 Å². The number of phenols is 1. The lowest BCUT2D eigenvalue weighted by molar-refractivity contribution is -0.192. The van der Waals surface area contributed by atoms with Gasteiger partial charge in [-0.05, 0) is 55.4 Å². The number of alkyl halides is 3. The maximum atomic E-state index is 14.6. The Morgan fingerprint density at radius 1 is 0.741 bits per heavy atom. The van der Waals surface area contributed by atoms with Crippen molar-refractivity contribution >= 4 is 98.5 Å². The van der Waals surface area contributed by atoms with Gasteiger partial charge >= 0.3 is 12.1 Å². The number of carbonyl (C=O) groups is 12. The summed E-state index contributed by atoms with van der Waals surface area (Å²) in [7, 11) is 2.19. The number of benzene rings is 2. The third-order valence-electron chi connectivity index (χ3n) is 11.7. The van der Waals surface area contributed by atoms with Gasteiger partial charge in [-0.2, -0.15) is 13.2 Å². The molecule has 0 spiro atoms. The van der Waals surface area contributed by atoms with Crippen LogP contribution in [0, 0.1) is 0 Å². The van der Waals surface area contributed by atoms with Crippen molar-refractivity contribution in [3.63, 3.8) is 0 Å². The Morgan fingerprint density at radius 2 is 1.31 bits per heavy atom. The zero-order valence-electron chi connectivity index (χ0n) is 43.4. The van der Waals surface area contributed by atoms with Gasteiger partial charge in [0.15, 0.2) is 5.96 Å². The fourth-order valence-corrected chi connectivity index (χ4v) is 9.93. The number of primary amides is 3. The highest BCUT2D eigenvalue weighted by molar-refractivity contribution is 8.76. The number of aromatic hydroxyl groups is 1. The molecule has 2 aliphatic heterocycles. The van der Waals surface area contributed by atoms with Crippen molar-refractivity contribution in [1.29, 1.82) is 0 Å². The number of phenolic OH excluding ortho intramolecular Hbond substituents is 1. The van der Waals surface area contributed by atoms with Crippen LogP contribution in [0.15, 0.2) is 59.6 Å². The largest absolute Gasteiger partial charge is 0.508 e. The van der Waals surface area contributed by atoms with E-state index in [4.69, 9.17) is 38.6 Å². The van der Waals surface area contributed by atoms with Crippen molar-refractivity contribution in [2.75, 3.05) is 31.1 Å². The van der Waals surface area contributed by atoms with E-state index in [2.05, 4.69) is 42.2 Å². The van der Waals surface area contributed by atoms with Gasteiger partial charge in [0.25, 0.3) is 0 Å². The number of likely N-dealkylation sites (tertiary alicyclic amines) is 1. The number of hydrogen-bond donors (Lipinski definition) is 14. The van der Waals surface area contributed by atoms with Gasteiger partial charge in [-0.1, -0.05) is 64.1 Å². The van der Waals surface area contributed by atoms with Crippen LogP contribution >= 0.6 is 21.6 Å². The highest BCUT2D eigenvalue weighted by atomic mass is 33.1. The number of carbonyl (C=O) groups excluding carboxylic acids is 11. The minimum absolute atomic E-state index is 0.0128. The molecule has 33 heteroatoms. The van der Waals surface area contributed by atoms with Crippen LogP contribution in [-0.4, -0.2) is 172 Å². The number of carboxylic acids is 1. The Kier molecular flexibility index (Phi) is 27.5. The second-order valence-electron chi connectivity index (χ2n) is 18.1. The van der Waals surface area contributed by atoms with Crippen molar-refractivity contribution < 1.29 is 80.9 Å². The highest BCUT2D eigenvalue weighted by Gasteiger charge is 2.41. The monoisotopic (exact) mass is 1180 g/mol. The van der Waals surface area contributed by atoms with E-state index >= 15 is 0 Å². The molecule has 28 nitrogen and oxygen atoms in total. The van der Waals surface area contributed by atoms with E-state index in [0.29, 0.717) is 17.5 Å². The van der Waals surface area contributed by atoms with Crippen molar-refractivity contribution in [2.24, 2.45) is 33.7 Å². The third-order valence-corrected chi connectivity index (χ3v) is 14.2. The van der Waals surface area contributed by atoms with Crippen LogP contribution in [0.3, 0.4) is 0 Å². The molecule has 2 heterocycles. The molecule has 81 heavy (non-hydrogen) atoms. The number of nitrogens with zero attached hydrogens (tertiary/aromatic N) is 2. The molecular formula is C48H65F3N14O14S2. The van der Waals surface area contributed by atoms with Gasteiger partial charge in [-0.25, -0.2) is 4.79 Å². The van der Waals surface area contributed by atoms with E-state index in [-0.39, 0.29) is 74.8 Å². The molecule has 0 radical (unpaired) electrons. The van der Waals surface area contributed by atoms with E-state index in [1.54, 1.807) is 42.5 Å². The summed E-state index contributed by atoms with van der Waals surface area (Å²) in [6, 6.07) is 4.52. The highest BCUT2D eigenvalue weighted by Crippen LogP contribution is 2.26. The zero-order valence-corrected chi connectivity index (χ0v) is 45.0. The van der Waals surface area contributed by atoms with Crippen molar-refractivity contribution in [3.05, 3.63) is 65.7 Å². The lowest BCUT2D eigenvalue weighted by Crippen LogP contribution is -2.61. The molecule has 0 bridgehead atoms. The van der Waals surface area contributed by atoms with Crippen LogP contribution in [0.5, 0.6) is 5.75 Å². The first-order chi connectivity index (χ1) is 38.1. The van der Waals surface area contributed by atoms with Gasteiger partial charge in [-0.15, -0.1) is 0 Å². The predicted molar refractivity (Wildman–Crippen MR) is 286 cm³/mol. The SMILES string of the molecule is NC(=O)CC[C@@H]1NC(=O)[C@H](Cc2ccccc2)NC(=O)C(Cc2ccc(O)cc2)NC(=O)CCSSCC(C(=O)N2CCC[C@H]2C(=O)N[C@H](CCCN=C(N)N)C(=O)NCC(N)=O)NC(=O)C(CC(N)=O)NC1=O.O=C(O)C(F)(F)F. The second kappa shape index (κ2) is 33.3. The molecule has 19 N–H and O–H groups in total. The molecule has 2 aromatic carbocycles. The smallest absolute Gasteiger partial charge is 0.490 e. The van der Waals surface area contributed by atoms with Crippen LogP contribution in [0.4, 0.5) is 13.2 Å². The number of nitrogens with two attached hydrogens (primary N) is 5. The molecule has 4 rings (SSSR count). The number of rotatable bonds is 19. The Labute approximate surface area is 468 Å². The van der Waals surface area contributed by atoms with E-state index in [9.17, 15) is 71.0 Å². The van der Waals surface area contributed by atoms with Gasteiger partial charge < -0.3 is 81.0 Å². The van der Waals surface area contributed by atoms with E-state index < -0.39 is 145 Å². The summed E-state index contributed by atoms with van der Waals surface area (Å²) in [5.74, 6) is -12.5. The average molecular weight is 1180 g/mol. The molecule has 2 saturated heterocycles. The number of aliphatic carboxylic acids is 1. The molecule has 0 saturated carbocycles. The Bertz CT molecular complexity index is 2600. The fourth-order valence-electron chi connectivity index (χ4n) is 7.78. The molecule has 2 aromatic rings. The van der Waals surface area contributed by atoms with Crippen molar-refractivity contribution in [3.8, 4) is 5.75 Å². The van der Waals surface area contributed by atoms with E-state index in [1.807, 2.05) is 0 Å². The molecule has 7 atom stereocenters. The second-order valence-corrected chi connectivity index (χ2v) is 20.8. The topological polar surface area (TPSA) is 475 Å². The molecule has 0 aromatic heterocycles. The van der Waals surface area contributed by atoms with E-state index in [1.165, 1.54) is 17.0 Å². The van der Waals surface area contributed by atoms with Crippen LogP contribution < -0.4 is 65.9 Å². The molecule has 2 aliphatic rings. The van der Waals surface area contributed by atoms with Crippen molar-refractivity contribution in [2.45, 2.75) is 113 Å². The first-order valence-corrected chi connectivity index (χ1v) is 27.3. The molecule has 3 unspecified atom stereocenters. The number of guanidine groups is 1. The maximum absolute atomic E-state index is 14.6. The Hall–Kier alpha value is -8.36. The number of halogens is 3. The van der Waals surface area contributed by atoms with Gasteiger partial charge in [0.05, 0.1) is 13.0 Å². The minimum Gasteiger partial charge on any atom is -0.508 e. The van der Waals surface area contributed by atoms with Crippen LogP contribution in [0.2, 0.25) is 0 Å². The summed E-state index contributed by atoms with van der Waals surface area (Å²) in [5, 5.41) is 34.9. The van der Waals surface area contributed by atoms with Crippen LogP contribution in [0.25, 0.3) is 0 Å². The van der Waals surface area contributed by atoms with E-state index in [0.717, 1.165) is 21.6 Å². The fraction of sp³-hybridized carbons (Fsp3) is 0.479. The molecule has 444 valence electrons. The first kappa shape index (κ1) is 66.9. The summed E-state index contributed by atoms with van der Waals surface area (Å²) in [5.41, 5.74) is 28.1. The van der Waals surface area contributed by atoms with Gasteiger partial charge in [-0.3, -0.25) is 57.7 Å². The number of hydrogen-bond acceptors (Lipinski definition) is 16. The quantitative estimate of drug-likeness (QED) is 0.0278. The normalized spacial score (nSPS) is 20.8. The molecule has 0 aliphatic carbocycles. The summed E-state index contributed by atoms with van der Waals surface area (Å²) >= 11 is 0. The predicted octanol–water partition coefficient (Wildman–Crippen LogP) is -3.71. The maximum Gasteiger partial charge on any atom is 0.490 e.